The van der Waals surface area contributed by atoms with Crippen LogP contribution in [0.3, 0.4) is 0 Å². The van der Waals surface area contributed by atoms with Crippen LogP contribution in [0.25, 0.3) is 0 Å². The SMILES string of the molecule is N=C(SCC1=CC=CCC1)C1CNCCOC(C2CC2)C1. The highest BCUT2D eigenvalue weighted by atomic mass is 32.2. The average molecular weight is 306 g/mol. The molecule has 2 aliphatic carbocycles. The van der Waals surface area contributed by atoms with Crippen LogP contribution in [-0.4, -0.2) is 36.6 Å². The van der Waals surface area contributed by atoms with Crippen LogP contribution in [0, 0.1) is 17.2 Å². The first-order valence-electron chi connectivity index (χ1n) is 8.21. The van der Waals surface area contributed by atoms with E-state index in [-0.39, 0.29) is 0 Å². The minimum absolute atomic E-state index is 0.334. The monoisotopic (exact) mass is 306 g/mol. The molecule has 0 radical (unpaired) electrons. The van der Waals surface area contributed by atoms with Gasteiger partial charge < -0.3 is 10.1 Å². The second-order valence-electron chi connectivity index (χ2n) is 6.33. The van der Waals surface area contributed by atoms with Crippen molar-refractivity contribution in [2.45, 2.75) is 38.2 Å². The highest BCUT2D eigenvalue weighted by Gasteiger charge is 2.35. The van der Waals surface area contributed by atoms with Gasteiger partial charge in [0, 0.05) is 24.8 Å². The van der Waals surface area contributed by atoms with Crippen LogP contribution in [0.4, 0.5) is 0 Å². The van der Waals surface area contributed by atoms with E-state index in [1.165, 1.54) is 18.4 Å². The summed E-state index contributed by atoms with van der Waals surface area (Å²) in [6, 6.07) is 0. The molecule has 0 aromatic heterocycles. The lowest BCUT2D eigenvalue weighted by atomic mass is 9.99. The fourth-order valence-electron chi connectivity index (χ4n) is 3.05. The summed E-state index contributed by atoms with van der Waals surface area (Å²) in [7, 11) is 0. The summed E-state index contributed by atoms with van der Waals surface area (Å²) in [6.45, 7) is 2.69. The van der Waals surface area contributed by atoms with E-state index in [9.17, 15) is 0 Å². The van der Waals surface area contributed by atoms with Crippen molar-refractivity contribution < 1.29 is 4.74 Å². The second kappa shape index (κ2) is 7.61. The predicted molar refractivity (Wildman–Crippen MR) is 90.1 cm³/mol. The topological polar surface area (TPSA) is 45.1 Å². The number of rotatable bonds is 4. The Kier molecular flexibility index (Phi) is 5.55. The molecule has 3 aliphatic rings. The Labute approximate surface area is 132 Å². The Hall–Kier alpha value is -0.580. The van der Waals surface area contributed by atoms with Crippen LogP contribution in [0.15, 0.2) is 23.8 Å². The van der Waals surface area contributed by atoms with Gasteiger partial charge in [-0.3, -0.25) is 5.41 Å². The summed E-state index contributed by atoms with van der Waals surface area (Å²) in [5.74, 6) is 2.09. The lowest BCUT2D eigenvalue weighted by molar-refractivity contribution is 0.0206. The standard InChI is InChI=1S/C17H26N2OS/c18-17(21-12-13-4-2-1-3-5-13)15-10-16(14-6-7-14)20-9-8-19-11-15/h1-2,4,14-16,18-19H,3,5-12H2. The maximum absolute atomic E-state index is 8.44. The number of hydrogen-bond acceptors (Lipinski definition) is 4. The third kappa shape index (κ3) is 4.70. The highest BCUT2D eigenvalue weighted by Crippen LogP contribution is 2.38. The lowest BCUT2D eigenvalue weighted by Gasteiger charge is -2.27. The minimum Gasteiger partial charge on any atom is -0.377 e. The third-order valence-corrected chi connectivity index (χ3v) is 5.71. The zero-order valence-corrected chi connectivity index (χ0v) is 13.5. The zero-order chi connectivity index (χ0) is 14.5. The van der Waals surface area contributed by atoms with E-state index in [1.807, 2.05) is 0 Å². The first-order valence-corrected chi connectivity index (χ1v) is 9.19. The molecule has 0 amide bonds. The molecule has 2 unspecified atom stereocenters. The van der Waals surface area contributed by atoms with Gasteiger partial charge in [0.05, 0.1) is 17.8 Å². The number of nitrogens with one attached hydrogen (secondary N) is 2. The molecular formula is C17H26N2OS. The van der Waals surface area contributed by atoms with Crippen molar-refractivity contribution >= 4 is 16.8 Å². The van der Waals surface area contributed by atoms with E-state index in [2.05, 4.69) is 23.5 Å². The molecule has 2 atom stereocenters. The fourth-order valence-corrected chi connectivity index (χ4v) is 4.04. The van der Waals surface area contributed by atoms with Crippen LogP contribution in [0.5, 0.6) is 0 Å². The Balaban J connectivity index is 1.51. The van der Waals surface area contributed by atoms with Crippen molar-refractivity contribution in [2.24, 2.45) is 11.8 Å². The maximum atomic E-state index is 8.44. The van der Waals surface area contributed by atoms with E-state index < -0.39 is 0 Å². The van der Waals surface area contributed by atoms with Crippen LogP contribution >= 0.6 is 11.8 Å². The first kappa shape index (κ1) is 15.3. The van der Waals surface area contributed by atoms with Gasteiger partial charge in [-0.05, 0) is 38.0 Å². The molecule has 0 bridgehead atoms. The molecule has 21 heavy (non-hydrogen) atoms. The largest absolute Gasteiger partial charge is 0.377 e. The first-order chi connectivity index (χ1) is 10.3. The molecule has 1 heterocycles. The van der Waals surface area contributed by atoms with E-state index >= 15 is 0 Å². The van der Waals surface area contributed by atoms with E-state index in [0.29, 0.717) is 12.0 Å². The van der Waals surface area contributed by atoms with E-state index in [0.717, 1.165) is 55.7 Å². The summed E-state index contributed by atoms with van der Waals surface area (Å²) in [5, 5.41) is 12.7. The molecule has 4 heteroatoms. The Morgan fingerprint density at radius 2 is 2.33 bits per heavy atom. The summed E-state index contributed by atoms with van der Waals surface area (Å²) in [4.78, 5) is 0. The smallest absolute Gasteiger partial charge is 0.0689 e. The predicted octanol–water partition coefficient (Wildman–Crippen LogP) is 3.38. The molecule has 3 nitrogen and oxygen atoms in total. The van der Waals surface area contributed by atoms with Crippen molar-refractivity contribution in [3.8, 4) is 0 Å². The highest BCUT2D eigenvalue weighted by molar-refractivity contribution is 8.14. The molecule has 0 spiro atoms. The molecular weight excluding hydrogens is 280 g/mol. The van der Waals surface area contributed by atoms with Gasteiger partial charge in [0.15, 0.2) is 0 Å². The Morgan fingerprint density at radius 1 is 1.43 bits per heavy atom. The minimum atomic E-state index is 0.334. The van der Waals surface area contributed by atoms with Crippen molar-refractivity contribution in [3.63, 3.8) is 0 Å². The molecule has 1 saturated carbocycles. The number of thioether (sulfide) groups is 1. The molecule has 0 aromatic carbocycles. The van der Waals surface area contributed by atoms with Gasteiger partial charge in [-0.15, -0.1) is 11.8 Å². The van der Waals surface area contributed by atoms with Crippen LogP contribution in [-0.2, 0) is 4.74 Å². The molecule has 3 rings (SSSR count). The average Bonchev–Trinajstić information content (AvgIpc) is 3.30. The van der Waals surface area contributed by atoms with Crippen LogP contribution < -0.4 is 5.32 Å². The third-order valence-electron chi connectivity index (χ3n) is 4.55. The molecule has 116 valence electrons. The quantitative estimate of drug-likeness (QED) is 0.618. The summed E-state index contributed by atoms with van der Waals surface area (Å²) >= 11 is 1.73. The van der Waals surface area contributed by atoms with Crippen molar-refractivity contribution in [3.05, 3.63) is 23.8 Å². The summed E-state index contributed by atoms with van der Waals surface area (Å²) < 4.78 is 5.99. The molecule has 1 saturated heterocycles. The molecule has 1 aliphatic heterocycles. The van der Waals surface area contributed by atoms with Crippen LogP contribution in [0.1, 0.15) is 32.1 Å². The number of hydrogen-bond donors (Lipinski definition) is 2. The lowest BCUT2D eigenvalue weighted by Crippen LogP contribution is -2.37. The van der Waals surface area contributed by atoms with Crippen molar-refractivity contribution in [2.75, 3.05) is 25.4 Å². The second-order valence-corrected chi connectivity index (χ2v) is 7.35. The maximum Gasteiger partial charge on any atom is 0.0689 e. The normalized spacial score (nSPS) is 30.4. The number of ether oxygens (including phenoxy) is 1. The molecule has 2 fully saturated rings. The van der Waals surface area contributed by atoms with Gasteiger partial charge in [0.2, 0.25) is 0 Å². The molecule has 0 aromatic rings. The summed E-state index contributed by atoms with van der Waals surface area (Å²) in [5.41, 5.74) is 1.47. The van der Waals surface area contributed by atoms with Gasteiger partial charge in [-0.2, -0.15) is 0 Å². The Bertz CT molecular complexity index is 429. The van der Waals surface area contributed by atoms with Gasteiger partial charge in [-0.25, -0.2) is 0 Å². The summed E-state index contributed by atoms with van der Waals surface area (Å²) in [6.07, 6.45) is 13.0. The van der Waals surface area contributed by atoms with Gasteiger partial charge in [-0.1, -0.05) is 23.8 Å². The van der Waals surface area contributed by atoms with E-state index in [1.54, 1.807) is 11.8 Å². The fraction of sp³-hybridized carbons (Fsp3) is 0.706. The van der Waals surface area contributed by atoms with Gasteiger partial charge >= 0.3 is 0 Å². The van der Waals surface area contributed by atoms with Gasteiger partial charge in [0.25, 0.3) is 0 Å². The number of allylic oxidation sites excluding steroid dienone is 3. The van der Waals surface area contributed by atoms with Crippen LogP contribution in [0.2, 0.25) is 0 Å². The Morgan fingerprint density at radius 3 is 3.10 bits per heavy atom. The molecule has 2 N–H and O–H groups in total. The van der Waals surface area contributed by atoms with Gasteiger partial charge in [0.1, 0.15) is 0 Å². The van der Waals surface area contributed by atoms with Crippen molar-refractivity contribution in [1.82, 2.24) is 5.32 Å². The zero-order valence-electron chi connectivity index (χ0n) is 12.6. The van der Waals surface area contributed by atoms with E-state index in [4.69, 9.17) is 10.1 Å². The van der Waals surface area contributed by atoms with Crippen molar-refractivity contribution in [1.29, 1.82) is 5.41 Å².